The summed E-state index contributed by atoms with van der Waals surface area (Å²) >= 11 is 1.52. The van der Waals surface area contributed by atoms with E-state index in [1.165, 1.54) is 11.3 Å². The average Bonchev–Trinajstić information content (AvgIpc) is 3.40. The largest absolute Gasteiger partial charge is 0.494 e. The van der Waals surface area contributed by atoms with Crippen LogP contribution in [-0.4, -0.2) is 71.6 Å². The first kappa shape index (κ1) is 23.7. The molecule has 0 spiro atoms. The lowest BCUT2D eigenvalue weighted by Gasteiger charge is -2.27. The molecule has 1 fully saturated rings. The lowest BCUT2D eigenvalue weighted by atomic mass is 10.3. The van der Waals surface area contributed by atoms with Crippen molar-refractivity contribution in [2.24, 2.45) is 0 Å². The van der Waals surface area contributed by atoms with Crippen molar-refractivity contribution in [1.82, 2.24) is 19.7 Å². The highest BCUT2D eigenvalue weighted by molar-refractivity contribution is 7.22. The summed E-state index contributed by atoms with van der Waals surface area (Å²) in [5.74, 6) is 0.709. The number of amides is 1. The molecule has 3 heterocycles. The zero-order valence-electron chi connectivity index (χ0n) is 19.9. The molecule has 8 nitrogen and oxygen atoms in total. The molecule has 0 bridgehead atoms. The van der Waals surface area contributed by atoms with Gasteiger partial charge in [0, 0.05) is 37.9 Å². The Labute approximate surface area is 199 Å². The zero-order valence-corrected chi connectivity index (χ0v) is 20.7. The smallest absolute Gasteiger partial charge is 0.280 e. The van der Waals surface area contributed by atoms with E-state index in [0.717, 1.165) is 60.9 Å². The van der Waals surface area contributed by atoms with Gasteiger partial charge in [0.1, 0.15) is 5.75 Å². The van der Waals surface area contributed by atoms with Gasteiger partial charge in [-0.25, -0.2) is 4.98 Å². The Bertz CT molecular complexity index is 1090. The van der Waals surface area contributed by atoms with Crippen LogP contribution in [-0.2, 0) is 4.74 Å². The summed E-state index contributed by atoms with van der Waals surface area (Å²) in [6.07, 6.45) is 0.857. The van der Waals surface area contributed by atoms with Crippen molar-refractivity contribution in [3.63, 3.8) is 0 Å². The normalized spacial score (nSPS) is 14.8. The third kappa shape index (κ3) is 5.54. The van der Waals surface area contributed by atoms with Crippen LogP contribution in [0.4, 0.5) is 5.13 Å². The summed E-state index contributed by atoms with van der Waals surface area (Å²) in [7, 11) is 0. The number of ether oxygens (including phenoxy) is 2. The van der Waals surface area contributed by atoms with E-state index in [4.69, 9.17) is 14.5 Å². The number of carbonyl (C=O) groups excluding carboxylic acids is 1. The Balaban J connectivity index is 1.59. The predicted octanol–water partition coefficient (Wildman–Crippen LogP) is 4.15. The minimum absolute atomic E-state index is 0.108. The molecule has 1 aromatic carbocycles. The standard InChI is InChI=1S/C24H33N5O3S/c1-5-32-19-7-8-20-22(16-19)33-24(25-20)28(10-6-9-27-11-13-31-14-12-27)23(30)21-15-18(4)29(26-21)17(2)3/h7-8,15-17H,5-6,9-14H2,1-4H3. The van der Waals surface area contributed by atoms with Crippen molar-refractivity contribution in [3.8, 4) is 5.75 Å². The second kappa shape index (κ2) is 10.6. The van der Waals surface area contributed by atoms with Gasteiger partial charge in [-0.1, -0.05) is 11.3 Å². The van der Waals surface area contributed by atoms with E-state index in [9.17, 15) is 4.79 Å². The number of aryl methyl sites for hydroxylation is 1. The fourth-order valence-electron chi connectivity index (χ4n) is 4.08. The Morgan fingerprint density at radius 1 is 1.27 bits per heavy atom. The SMILES string of the molecule is CCOc1ccc2nc(N(CCCN3CCOCC3)C(=O)c3cc(C)n(C(C)C)n3)sc2c1. The van der Waals surface area contributed by atoms with Gasteiger partial charge < -0.3 is 9.47 Å². The second-order valence-electron chi connectivity index (χ2n) is 8.53. The van der Waals surface area contributed by atoms with Crippen LogP contribution in [0.3, 0.4) is 0 Å². The van der Waals surface area contributed by atoms with Gasteiger partial charge in [-0.3, -0.25) is 19.3 Å². The third-order valence-electron chi connectivity index (χ3n) is 5.73. The summed E-state index contributed by atoms with van der Waals surface area (Å²) in [6.45, 7) is 13.6. The van der Waals surface area contributed by atoms with E-state index < -0.39 is 0 Å². The molecule has 0 N–H and O–H groups in total. The van der Waals surface area contributed by atoms with Crippen LogP contribution in [0.2, 0.25) is 0 Å². The molecule has 2 aromatic heterocycles. The number of hydrogen-bond donors (Lipinski definition) is 0. The molecule has 0 aliphatic carbocycles. The Kier molecular flexibility index (Phi) is 7.62. The van der Waals surface area contributed by atoms with Gasteiger partial charge in [0.25, 0.3) is 5.91 Å². The van der Waals surface area contributed by atoms with Gasteiger partial charge >= 0.3 is 0 Å². The molecule has 33 heavy (non-hydrogen) atoms. The van der Waals surface area contributed by atoms with E-state index in [-0.39, 0.29) is 11.9 Å². The molecule has 1 aliphatic rings. The maximum absolute atomic E-state index is 13.6. The van der Waals surface area contributed by atoms with Gasteiger partial charge in [0.15, 0.2) is 10.8 Å². The molecule has 178 valence electrons. The monoisotopic (exact) mass is 471 g/mol. The first-order valence-electron chi connectivity index (χ1n) is 11.7. The summed E-state index contributed by atoms with van der Waals surface area (Å²) in [6, 6.07) is 7.94. The van der Waals surface area contributed by atoms with Crippen molar-refractivity contribution < 1.29 is 14.3 Å². The van der Waals surface area contributed by atoms with Gasteiger partial charge in [0.05, 0.1) is 30.0 Å². The second-order valence-corrected chi connectivity index (χ2v) is 9.54. The molecular weight excluding hydrogens is 438 g/mol. The fraction of sp³-hybridized carbons (Fsp3) is 0.542. The highest BCUT2D eigenvalue weighted by Gasteiger charge is 2.25. The summed E-state index contributed by atoms with van der Waals surface area (Å²) < 4.78 is 14.0. The van der Waals surface area contributed by atoms with Crippen molar-refractivity contribution in [1.29, 1.82) is 0 Å². The molecule has 0 saturated carbocycles. The number of anilines is 1. The van der Waals surface area contributed by atoms with Crippen molar-refractivity contribution in [2.75, 3.05) is 50.9 Å². The number of benzene rings is 1. The number of hydrogen-bond acceptors (Lipinski definition) is 7. The average molecular weight is 472 g/mol. The number of aromatic nitrogens is 3. The molecule has 0 unspecified atom stereocenters. The quantitative estimate of drug-likeness (QED) is 0.467. The summed E-state index contributed by atoms with van der Waals surface area (Å²) in [4.78, 5) is 22.6. The molecule has 9 heteroatoms. The Morgan fingerprint density at radius 2 is 2.06 bits per heavy atom. The topological polar surface area (TPSA) is 72.7 Å². The van der Waals surface area contributed by atoms with E-state index in [0.29, 0.717) is 24.0 Å². The molecule has 0 atom stereocenters. The van der Waals surface area contributed by atoms with Gasteiger partial charge in [-0.15, -0.1) is 0 Å². The number of fused-ring (bicyclic) bond motifs is 1. The molecule has 1 aliphatic heterocycles. The first-order chi connectivity index (χ1) is 16.0. The van der Waals surface area contributed by atoms with Crippen LogP contribution in [0, 0.1) is 6.92 Å². The molecule has 1 saturated heterocycles. The van der Waals surface area contributed by atoms with E-state index in [1.54, 1.807) is 4.90 Å². The van der Waals surface area contributed by atoms with Gasteiger partial charge in [0.2, 0.25) is 0 Å². The molecule has 4 rings (SSSR count). The van der Waals surface area contributed by atoms with E-state index in [2.05, 4.69) is 23.8 Å². The molecular formula is C24H33N5O3S. The van der Waals surface area contributed by atoms with Crippen LogP contribution < -0.4 is 9.64 Å². The van der Waals surface area contributed by atoms with Crippen LogP contribution in [0.25, 0.3) is 10.2 Å². The summed E-state index contributed by atoms with van der Waals surface area (Å²) in [5, 5.41) is 5.30. The number of carbonyl (C=O) groups is 1. The lowest BCUT2D eigenvalue weighted by molar-refractivity contribution is 0.0376. The molecule has 0 radical (unpaired) electrons. The van der Waals surface area contributed by atoms with Crippen LogP contribution >= 0.6 is 11.3 Å². The van der Waals surface area contributed by atoms with Gasteiger partial charge in [-0.2, -0.15) is 5.10 Å². The van der Waals surface area contributed by atoms with E-state index >= 15 is 0 Å². The van der Waals surface area contributed by atoms with Crippen molar-refractivity contribution >= 4 is 32.6 Å². The van der Waals surface area contributed by atoms with Crippen LogP contribution in [0.15, 0.2) is 24.3 Å². The third-order valence-corrected chi connectivity index (χ3v) is 6.77. The minimum Gasteiger partial charge on any atom is -0.494 e. The van der Waals surface area contributed by atoms with Crippen molar-refractivity contribution in [2.45, 2.75) is 40.2 Å². The number of nitrogens with zero attached hydrogens (tertiary/aromatic N) is 5. The first-order valence-corrected chi connectivity index (χ1v) is 12.5. The van der Waals surface area contributed by atoms with E-state index in [1.807, 2.05) is 42.8 Å². The summed E-state index contributed by atoms with van der Waals surface area (Å²) in [5.41, 5.74) is 2.31. The van der Waals surface area contributed by atoms with Gasteiger partial charge in [-0.05, 0) is 58.4 Å². The Morgan fingerprint density at radius 3 is 2.76 bits per heavy atom. The number of morpholine rings is 1. The number of rotatable bonds is 9. The minimum atomic E-state index is -0.108. The predicted molar refractivity (Wildman–Crippen MR) is 132 cm³/mol. The van der Waals surface area contributed by atoms with Crippen LogP contribution in [0.1, 0.15) is 49.4 Å². The highest BCUT2D eigenvalue weighted by atomic mass is 32.1. The zero-order chi connectivity index (χ0) is 23.4. The van der Waals surface area contributed by atoms with Crippen molar-refractivity contribution in [3.05, 3.63) is 35.7 Å². The maximum Gasteiger partial charge on any atom is 0.280 e. The fourth-order valence-corrected chi connectivity index (χ4v) is 5.10. The lowest BCUT2D eigenvalue weighted by Crippen LogP contribution is -2.39. The maximum atomic E-state index is 13.6. The molecule has 1 amide bonds. The highest BCUT2D eigenvalue weighted by Crippen LogP contribution is 2.32. The Hall–Kier alpha value is -2.49. The number of thiazole rings is 1. The van der Waals surface area contributed by atoms with Crippen LogP contribution in [0.5, 0.6) is 5.75 Å². The molecule has 3 aromatic rings.